The van der Waals surface area contributed by atoms with Crippen molar-refractivity contribution in [2.75, 3.05) is 5.43 Å². The fourth-order valence-corrected chi connectivity index (χ4v) is 3.57. The zero-order chi connectivity index (χ0) is 22.9. The van der Waals surface area contributed by atoms with Crippen LogP contribution in [0, 0.1) is 56.1 Å². The number of hydrogen-bond donors (Lipinski definition) is 1. The molecule has 8 heteroatoms. The van der Waals surface area contributed by atoms with E-state index in [1.165, 1.54) is 18.2 Å². The molecule has 158 valence electrons. The number of aromatic nitrogens is 2. The Labute approximate surface area is 180 Å². The number of nitro benzene ring substituents is 1. The molecule has 31 heavy (non-hydrogen) atoms. The van der Waals surface area contributed by atoms with Gasteiger partial charge in [-0.3, -0.25) is 25.0 Å². The molecule has 0 spiro atoms. The number of non-ortho nitro benzene ring substituents is 1. The Morgan fingerprint density at radius 2 is 1.71 bits per heavy atom. The molecule has 1 N–H and O–H groups in total. The van der Waals surface area contributed by atoms with Crippen LogP contribution in [0.3, 0.4) is 0 Å². The molecule has 0 saturated heterocycles. The highest BCUT2D eigenvalue weighted by atomic mass is 16.6. The Balaban J connectivity index is 2.02. The molecule has 2 aromatic heterocycles. The van der Waals surface area contributed by atoms with Crippen LogP contribution in [-0.4, -0.2) is 20.1 Å². The maximum Gasteiger partial charge on any atom is 0.280 e. The van der Waals surface area contributed by atoms with Crippen molar-refractivity contribution in [2.45, 2.75) is 34.6 Å². The third-order valence-electron chi connectivity index (χ3n) is 5.26. The van der Waals surface area contributed by atoms with Crippen LogP contribution < -0.4 is 5.43 Å². The summed E-state index contributed by atoms with van der Waals surface area (Å²) in [4.78, 5) is 23.5. The van der Waals surface area contributed by atoms with Crippen LogP contribution in [0.25, 0.3) is 11.8 Å². The number of amides is 1. The molecule has 3 rings (SSSR count). The molecule has 2 heterocycles. The lowest BCUT2D eigenvalue weighted by molar-refractivity contribution is -0.384. The minimum atomic E-state index is -0.513. The van der Waals surface area contributed by atoms with E-state index in [1.54, 1.807) is 10.7 Å². The van der Waals surface area contributed by atoms with Gasteiger partial charge in [0.25, 0.3) is 11.6 Å². The van der Waals surface area contributed by atoms with Gasteiger partial charge in [0.05, 0.1) is 10.6 Å². The molecule has 1 aromatic carbocycles. The minimum absolute atomic E-state index is 0.000235. The average Bonchev–Trinajstić information content (AvgIpc) is 3.18. The number of hydrogen-bond acceptors (Lipinski definition) is 4. The normalized spacial score (nSPS) is 11.3. The van der Waals surface area contributed by atoms with Crippen molar-refractivity contribution >= 4 is 17.7 Å². The molecular formula is C23H23N5O3. The number of rotatable bonds is 5. The van der Waals surface area contributed by atoms with E-state index in [-0.39, 0.29) is 11.3 Å². The predicted molar refractivity (Wildman–Crippen MR) is 118 cm³/mol. The van der Waals surface area contributed by atoms with Crippen molar-refractivity contribution in [3.63, 3.8) is 0 Å². The zero-order valence-electron chi connectivity index (χ0n) is 18.1. The number of nitro groups is 1. The summed E-state index contributed by atoms with van der Waals surface area (Å²) in [7, 11) is 0. The first-order chi connectivity index (χ1) is 14.6. The quantitative estimate of drug-likeness (QED) is 0.287. The SMILES string of the molecule is Cc1ccc([N+](=O)[O-])cc1-n1c(C)cc(/C=C(/C#N)C(=O)Nn2c(C)ccc2C)c1C. The van der Waals surface area contributed by atoms with Crippen molar-refractivity contribution in [3.05, 3.63) is 86.0 Å². The molecule has 1 amide bonds. The molecule has 0 bridgehead atoms. The molecule has 0 radical (unpaired) electrons. The number of nitriles is 1. The van der Waals surface area contributed by atoms with Gasteiger partial charge in [0, 0.05) is 34.9 Å². The number of carbonyl (C=O) groups is 1. The second-order valence-corrected chi connectivity index (χ2v) is 7.45. The standard InChI is InChI=1S/C23H23N5O3/c1-14-6-9-21(28(30)31)12-22(14)26-17(4)10-19(18(26)5)11-20(13-24)23(29)25-27-15(2)7-8-16(27)3/h6-12H,1-5H3,(H,25,29)/b20-11-. The molecule has 8 nitrogen and oxygen atoms in total. The van der Waals surface area contributed by atoms with Gasteiger partial charge in [0.2, 0.25) is 0 Å². The van der Waals surface area contributed by atoms with Crippen LogP contribution in [0.5, 0.6) is 0 Å². The topological polar surface area (TPSA) is 106 Å². The Bertz CT molecular complexity index is 1250. The Kier molecular flexibility index (Phi) is 5.79. The lowest BCUT2D eigenvalue weighted by Crippen LogP contribution is -2.25. The van der Waals surface area contributed by atoms with E-state index in [2.05, 4.69) is 5.43 Å². The fraction of sp³-hybridized carbons (Fsp3) is 0.217. The van der Waals surface area contributed by atoms with E-state index in [0.29, 0.717) is 11.3 Å². The summed E-state index contributed by atoms with van der Waals surface area (Å²) < 4.78 is 3.52. The second kappa shape index (κ2) is 8.32. The summed E-state index contributed by atoms with van der Waals surface area (Å²) in [5.74, 6) is -0.513. The Hall–Kier alpha value is -4.12. The first-order valence-electron chi connectivity index (χ1n) is 9.66. The molecule has 0 saturated carbocycles. The maximum atomic E-state index is 12.7. The monoisotopic (exact) mass is 417 g/mol. The van der Waals surface area contributed by atoms with Crippen molar-refractivity contribution in [1.29, 1.82) is 5.26 Å². The summed E-state index contributed by atoms with van der Waals surface area (Å²) in [5.41, 5.74) is 8.26. The molecule has 0 aliphatic carbocycles. The van der Waals surface area contributed by atoms with Gasteiger partial charge in [-0.1, -0.05) is 6.07 Å². The molecule has 3 aromatic rings. The van der Waals surface area contributed by atoms with Gasteiger partial charge in [0.1, 0.15) is 11.6 Å². The van der Waals surface area contributed by atoms with Crippen LogP contribution in [0.15, 0.2) is 42.0 Å². The number of nitrogens with zero attached hydrogens (tertiary/aromatic N) is 4. The lowest BCUT2D eigenvalue weighted by atomic mass is 10.1. The van der Waals surface area contributed by atoms with Gasteiger partial charge in [-0.2, -0.15) is 5.26 Å². The summed E-state index contributed by atoms with van der Waals surface area (Å²) in [6, 6.07) is 12.3. The van der Waals surface area contributed by atoms with Gasteiger partial charge >= 0.3 is 0 Å². The first-order valence-corrected chi connectivity index (χ1v) is 9.66. The highest BCUT2D eigenvalue weighted by Gasteiger charge is 2.17. The highest BCUT2D eigenvalue weighted by molar-refractivity contribution is 6.06. The van der Waals surface area contributed by atoms with E-state index in [1.807, 2.05) is 63.5 Å². The van der Waals surface area contributed by atoms with Crippen LogP contribution in [0.4, 0.5) is 5.69 Å². The van der Waals surface area contributed by atoms with E-state index in [0.717, 1.165) is 28.3 Å². The Morgan fingerprint density at radius 1 is 1.06 bits per heavy atom. The summed E-state index contributed by atoms with van der Waals surface area (Å²) in [6.07, 6.45) is 1.54. The third-order valence-corrected chi connectivity index (χ3v) is 5.26. The van der Waals surface area contributed by atoms with Crippen molar-refractivity contribution in [1.82, 2.24) is 9.24 Å². The molecule has 0 fully saturated rings. The molecule has 0 atom stereocenters. The predicted octanol–water partition coefficient (Wildman–Crippen LogP) is 4.41. The molecule has 0 aliphatic rings. The van der Waals surface area contributed by atoms with E-state index in [9.17, 15) is 20.2 Å². The first kappa shape index (κ1) is 21.6. The van der Waals surface area contributed by atoms with Gasteiger partial charge in [0.15, 0.2) is 0 Å². The van der Waals surface area contributed by atoms with Crippen molar-refractivity contribution in [3.8, 4) is 11.8 Å². The van der Waals surface area contributed by atoms with Crippen LogP contribution in [-0.2, 0) is 4.79 Å². The minimum Gasteiger partial charge on any atom is -0.317 e. The smallest absolute Gasteiger partial charge is 0.280 e. The summed E-state index contributed by atoms with van der Waals surface area (Å²) in [5, 5.41) is 20.8. The summed E-state index contributed by atoms with van der Waals surface area (Å²) in [6.45, 7) is 9.32. The number of aryl methyl sites for hydroxylation is 4. The number of nitrogens with one attached hydrogen (secondary N) is 1. The third kappa shape index (κ3) is 4.12. The van der Waals surface area contributed by atoms with Gasteiger partial charge in [-0.25, -0.2) is 0 Å². The van der Waals surface area contributed by atoms with Crippen LogP contribution >= 0.6 is 0 Å². The van der Waals surface area contributed by atoms with Gasteiger partial charge in [-0.15, -0.1) is 0 Å². The summed E-state index contributed by atoms with van der Waals surface area (Å²) >= 11 is 0. The highest BCUT2D eigenvalue weighted by Crippen LogP contribution is 2.27. The fourth-order valence-electron chi connectivity index (χ4n) is 3.57. The maximum absolute atomic E-state index is 12.7. The zero-order valence-corrected chi connectivity index (χ0v) is 18.1. The molecule has 0 aliphatic heterocycles. The largest absolute Gasteiger partial charge is 0.317 e. The van der Waals surface area contributed by atoms with Crippen LogP contribution in [0.1, 0.15) is 33.9 Å². The van der Waals surface area contributed by atoms with Crippen LogP contribution in [0.2, 0.25) is 0 Å². The van der Waals surface area contributed by atoms with E-state index in [4.69, 9.17) is 0 Å². The Morgan fingerprint density at radius 3 is 2.29 bits per heavy atom. The van der Waals surface area contributed by atoms with Crippen molar-refractivity contribution in [2.24, 2.45) is 0 Å². The van der Waals surface area contributed by atoms with E-state index >= 15 is 0 Å². The second-order valence-electron chi connectivity index (χ2n) is 7.45. The van der Waals surface area contributed by atoms with Gasteiger partial charge < -0.3 is 4.57 Å². The lowest BCUT2D eigenvalue weighted by Gasteiger charge is -2.13. The van der Waals surface area contributed by atoms with E-state index < -0.39 is 10.8 Å². The molecular weight excluding hydrogens is 394 g/mol. The van der Waals surface area contributed by atoms with Crippen molar-refractivity contribution < 1.29 is 9.72 Å². The average molecular weight is 417 g/mol. The molecule has 0 unspecified atom stereocenters. The number of benzene rings is 1. The van der Waals surface area contributed by atoms with Gasteiger partial charge in [-0.05, 0) is 70.0 Å². The number of carbonyl (C=O) groups excluding carboxylic acids is 1.